The monoisotopic (exact) mass is 194 g/mol. The summed E-state index contributed by atoms with van der Waals surface area (Å²) in [5, 5.41) is 7.89. The maximum Gasteiger partial charge on any atom is 0.147 e. The normalized spacial score (nSPS) is 22.6. The average molecular weight is 194 g/mol. The van der Waals surface area contributed by atoms with Crippen LogP contribution >= 0.6 is 0 Å². The standard InChI is InChI=1S/C10H18N4/c1-8-12-9(2)14(13-8)7-10-5-3-4-6-11-10/h10-11H,3-7H2,1-2H3/t10-/m1/s1. The largest absolute Gasteiger partial charge is 0.312 e. The molecule has 1 fully saturated rings. The van der Waals surface area contributed by atoms with Gasteiger partial charge in [-0.25, -0.2) is 9.67 Å². The van der Waals surface area contributed by atoms with Gasteiger partial charge in [0.05, 0.1) is 6.54 Å². The summed E-state index contributed by atoms with van der Waals surface area (Å²) in [7, 11) is 0. The van der Waals surface area contributed by atoms with E-state index in [0.29, 0.717) is 6.04 Å². The van der Waals surface area contributed by atoms with Crippen molar-refractivity contribution in [3.8, 4) is 0 Å². The highest BCUT2D eigenvalue weighted by Gasteiger charge is 2.14. The fraction of sp³-hybridized carbons (Fsp3) is 0.800. The summed E-state index contributed by atoms with van der Waals surface area (Å²) in [6, 6.07) is 0.587. The van der Waals surface area contributed by atoms with Gasteiger partial charge in [-0.2, -0.15) is 5.10 Å². The summed E-state index contributed by atoms with van der Waals surface area (Å²) < 4.78 is 2.01. The number of aromatic nitrogens is 3. The van der Waals surface area contributed by atoms with Crippen LogP contribution in [-0.2, 0) is 6.54 Å². The van der Waals surface area contributed by atoms with E-state index in [1.54, 1.807) is 0 Å². The molecule has 1 aromatic rings. The first-order valence-electron chi connectivity index (χ1n) is 5.37. The molecule has 0 amide bonds. The number of hydrogen-bond donors (Lipinski definition) is 1. The summed E-state index contributed by atoms with van der Waals surface area (Å²) >= 11 is 0. The smallest absolute Gasteiger partial charge is 0.147 e. The summed E-state index contributed by atoms with van der Waals surface area (Å²) in [5.41, 5.74) is 0. The van der Waals surface area contributed by atoms with Crippen molar-refractivity contribution in [2.24, 2.45) is 0 Å². The summed E-state index contributed by atoms with van der Waals surface area (Å²) in [5.74, 6) is 1.90. The summed E-state index contributed by atoms with van der Waals surface area (Å²) in [6.45, 7) is 6.07. The summed E-state index contributed by atoms with van der Waals surface area (Å²) in [4.78, 5) is 4.30. The SMILES string of the molecule is Cc1nc(C)n(C[C@H]2CCCCN2)n1. The van der Waals surface area contributed by atoms with Crippen molar-refractivity contribution in [2.45, 2.75) is 45.7 Å². The van der Waals surface area contributed by atoms with Gasteiger partial charge in [-0.15, -0.1) is 0 Å². The van der Waals surface area contributed by atoms with Crippen molar-refractivity contribution in [3.63, 3.8) is 0 Å². The Labute approximate surface area is 84.7 Å². The molecule has 0 radical (unpaired) electrons. The summed E-state index contributed by atoms with van der Waals surface area (Å²) in [6.07, 6.45) is 3.91. The van der Waals surface area contributed by atoms with Crippen LogP contribution in [0.3, 0.4) is 0 Å². The van der Waals surface area contributed by atoms with Crippen molar-refractivity contribution >= 4 is 0 Å². The molecule has 1 atom stereocenters. The van der Waals surface area contributed by atoms with Crippen molar-refractivity contribution in [2.75, 3.05) is 6.54 Å². The van der Waals surface area contributed by atoms with Crippen LogP contribution in [0, 0.1) is 13.8 Å². The fourth-order valence-electron chi connectivity index (χ4n) is 2.02. The molecule has 0 saturated carbocycles. The lowest BCUT2D eigenvalue weighted by Gasteiger charge is -2.23. The molecule has 78 valence electrons. The second-order valence-corrected chi connectivity index (χ2v) is 4.04. The molecule has 4 heteroatoms. The Morgan fingerprint density at radius 3 is 2.86 bits per heavy atom. The molecule has 0 bridgehead atoms. The van der Waals surface area contributed by atoms with Crippen molar-refractivity contribution < 1.29 is 0 Å². The Morgan fingerprint density at radius 1 is 1.43 bits per heavy atom. The maximum atomic E-state index is 4.37. The molecule has 0 spiro atoms. The topological polar surface area (TPSA) is 42.7 Å². The van der Waals surface area contributed by atoms with E-state index < -0.39 is 0 Å². The first-order valence-corrected chi connectivity index (χ1v) is 5.37. The minimum Gasteiger partial charge on any atom is -0.312 e. The predicted molar refractivity (Wildman–Crippen MR) is 55.1 cm³/mol. The van der Waals surface area contributed by atoms with E-state index in [2.05, 4.69) is 15.4 Å². The van der Waals surface area contributed by atoms with Crippen LogP contribution in [0.25, 0.3) is 0 Å². The van der Waals surface area contributed by atoms with E-state index in [-0.39, 0.29) is 0 Å². The van der Waals surface area contributed by atoms with E-state index >= 15 is 0 Å². The van der Waals surface area contributed by atoms with Crippen molar-refractivity contribution in [1.29, 1.82) is 0 Å². The van der Waals surface area contributed by atoms with Gasteiger partial charge in [0.1, 0.15) is 11.6 Å². The lowest BCUT2D eigenvalue weighted by atomic mass is 10.1. The molecule has 1 aliphatic rings. The molecule has 14 heavy (non-hydrogen) atoms. The third kappa shape index (κ3) is 2.12. The number of hydrogen-bond acceptors (Lipinski definition) is 3. The molecular weight excluding hydrogens is 176 g/mol. The number of piperidine rings is 1. The second-order valence-electron chi connectivity index (χ2n) is 4.04. The quantitative estimate of drug-likeness (QED) is 0.765. The van der Waals surface area contributed by atoms with Crippen molar-refractivity contribution in [1.82, 2.24) is 20.1 Å². The predicted octanol–water partition coefficient (Wildman–Crippen LogP) is 1.04. The molecule has 1 saturated heterocycles. The Kier molecular flexibility index (Phi) is 2.82. The van der Waals surface area contributed by atoms with E-state index in [4.69, 9.17) is 0 Å². The number of nitrogens with zero attached hydrogens (tertiary/aromatic N) is 3. The minimum atomic E-state index is 0.587. The third-order valence-electron chi connectivity index (χ3n) is 2.77. The molecule has 0 aliphatic carbocycles. The van der Waals surface area contributed by atoms with Gasteiger partial charge in [-0.3, -0.25) is 0 Å². The Bertz CT molecular complexity index is 299. The molecule has 1 aliphatic heterocycles. The molecular formula is C10H18N4. The zero-order valence-corrected chi connectivity index (χ0v) is 8.95. The third-order valence-corrected chi connectivity index (χ3v) is 2.77. The Hall–Kier alpha value is -0.900. The first kappa shape index (κ1) is 9.65. The molecule has 0 unspecified atom stereocenters. The van der Waals surface area contributed by atoms with Gasteiger partial charge in [-0.05, 0) is 33.2 Å². The number of rotatable bonds is 2. The highest BCUT2D eigenvalue weighted by molar-refractivity contribution is 4.89. The van der Waals surface area contributed by atoms with Gasteiger partial charge in [0.2, 0.25) is 0 Å². The zero-order valence-electron chi connectivity index (χ0n) is 8.95. The Morgan fingerprint density at radius 2 is 2.29 bits per heavy atom. The number of aryl methyl sites for hydroxylation is 2. The van der Waals surface area contributed by atoms with Gasteiger partial charge < -0.3 is 5.32 Å². The highest BCUT2D eigenvalue weighted by atomic mass is 15.3. The van der Waals surface area contributed by atoms with Crippen molar-refractivity contribution in [3.05, 3.63) is 11.6 Å². The second kappa shape index (κ2) is 4.09. The fourth-order valence-corrected chi connectivity index (χ4v) is 2.02. The van der Waals surface area contributed by atoms with Crippen LogP contribution < -0.4 is 5.32 Å². The van der Waals surface area contributed by atoms with Crippen LogP contribution in [0.15, 0.2) is 0 Å². The van der Waals surface area contributed by atoms with Crippen LogP contribution in [-0.4, -0.2) is 27.4 Å². The Balaban J connectivity index is 1.98. The molecule has 1 N–H and O–H groups in total. The van der Waals surface area contributed by atoms with E-state index in [1.807, 2.05) is 18.5 Å². The van der Waals surface area contributed by atoms with E-state index in [0.717, 1.165) is 24.7 Å². The minimum absolute atomic E-state index is 0.587. The van der Waals surface area contributed by atoms with Gasteiger partial charge in [0, 0.05) is 6.04 Å². The maximum absolute atomic E-state index is 4.37. The van der Waals surface area contributed by atoms with Gasteiger partial charge in [0.15, 0.2) is 0 Å². The highest BCUT2D eigenvalue weighted by Crippen LogP contribution is 2.09. The number of nitrogens with one attached hydrogen (secondary N) is 1. The molecule has 2 rings (SSSR count). The van der Waals surface area contributed by atoms with E-state index in [9.17, 15) is 0 Å². The van der Waals surface area contributed by atoms with Gasteiger partial charge in [-0.1, -0.05) is 6.42 Å². The molecule has 4 nitrogen and oxygen atoms in total. The van der Waals surface area contributed by atoms with Crippen LogP contribution in [0.1, 0.15) is 30.9 Å². The molecule has 0 aromatic carbocycles. The molecule has 1 aromatic heterocycles. The van der Waals surface area contributed by atoms with Gasteiger partial charge in [0.25, 0.3) is 0 Å². The first-order chi connectivity index (χ1) is 6.75. The van der Waals surface area contributed by atoms with E-state index in [1.165, 1.54) is 19.3 Å². The van der Waals surface area contributed by atoms with Crippen LogP contribution in [0.5, 0.6) is 0 Å². The molecule has 2 heterocycles. The lowest BCUT2D eigenvalue weighted by molar-refractivity contribution is 0.347. The average Bonchev–Trinajstić information content (AvgIpc) is 2.47. The van der Waals surface area contributed by atoms with Crippen LogP contribution in [0.2, 0.25) is 0 Å². The van der Waals surface area contributed by atoms with Crippen LogP contribution in [0.4, 0.5) is 0 Å². The lowest BCUT2D eigenvalue weighted by Crippen LogP contribution is -2.37. The zero-order chi connectivity index (χ0) is 9.97. The van der Waals surface area contributed by atoms with Gasteiger partial charge >= 0.3 is 0 Å².